The number of nitrogen functional groups attached to an aromatic ring is 1. The zero-order valence-electron chi connectivity index (χ0n) is 13.5. The van der Waals surface area contributed by atoms with Gasteiger partial charge in [-0.15, -0.1) is 0 Å². The van der Waals surface area contributed by atoms with E-state index in [0.717, 1.165) is 0 Å². The molecule has 9 nitrogen and oxygen atoms in total. The Bertz CT molecular complexity index is 705. The van der Waals surface area contributed by atoms with E-state index in [1.807, 2.05) is 0 Å². The predicted octanol–water partition coefficient (Wildman–Crippen LogP) is -1.10. The lowest BCUT2D eigenvalue weighted by atomic mass is 9.99. The zero-order valence-corrected chi connectivity index (χ0v) is 13.5. The van der Waals surface area contributed by atoms with Crippen LogP contribution in [0, 0.1) is 6.92 Å². The lowest BCUT2D eigenvalue weighted by Gasteiger charge is -2.34. The summed E-state index contributed by atoms with van der Waals surface area (Å²) in [5.41, 5.74) is 4.52. The van der Waals surface area contributed by atoms with Crippen LogP contribution in [0.2, 0.25) is 0 Å². The standard InChI is InChI=1S/C14H20N4O5/c1-7-5-18(13(20)16-10(7)15)11-8-9(22-4)14(23-11,6-21-3)12(19)17(8)2/h5,8-9,11H,6H2,1-4H3,(H2,15,16,20)/t8?,9?,11?,14-/m0/s1. The normalized spacial score (nSPS) is 32.8. The van der Waals surface area contributed by atoms with Gasteiger partial charge in [0, 0.05) is 33.0 Å². The van der Waals surface area contributed by atoms with Gasteiger partial charge >= 0.3 is 5.69 Å². The van der Waals surface area contributed by atoms with E-state index in [2.05, 4.69) is 4.98 Å². The summed E-state index contributed by atoms with van der Waals surface area (Å²) >= 11 is 0. The van der Waals surface area contributed by atoms with E-state index in [9.17, 15) is 9.59 Å². The van der Waals surface area contributed by atoms with Gasteiger partial charge in [0.05, 0.1) is 6.61 Å². The second-order valence-electron chi connectivity index (χ2n) is 5.89. The monoisotopic (exact) mass is 324 g/mol. The number of carbonyl (C=O) groups excluding carboxylic acids is 1. The van der Waals surface area contributed by atoms with Crippen molar-refractivity contribution >= 4 is 11.7 Å². The molecule has 2 bridgehead atoms. The number of likely N-dealkylation sites (tertiary alicyclic amines) is 1. The van der Waals surface area contributed by atoms with Crippen molar-refractivity contribution in [2.45, 2.75) is 30.9 Å². The highest BCUT2D eigenvalue weighted by molar-refractivity contribution is 5.90. The molecule has 2 aliphatic rings. The molecule has 2 fully saturated rings. The van der Waals surface area contributed by atoms with Crippen molar-refractivity contribution in [3.8, 4) is 0 Å². The average Bonchev–Trinajstić information content (AvgIpc) is 2.93. The Kier molecular flexibility index (Phi) is 3.66. The second-order valence-corrected chi connectivity index (χ2v) is 5.89. The molecule has 2 saturated heterocycles. The third kappa shape index (κ3) is 2.00. The van der Waals surface area contributed by atoms with Crippen molar-refractivity contribution in [2.24, 2.45) is 0 Å². The van der Waals surface area contributed by atoms with Crippen molar-refractivity contribution < 1.29 is 19.0 Å². The maximum atomic E-state index is 12.5. The molecule has 126 valence electrons. The summed E-state index contributed by atoms with van der Waals surface area (Å²) in [5, 5.41) is 0. The highest BCUT2D eigenvalue weighted by Crippen LogP contribution is 2.47. The average molecular weight is 324 g/mol. The van der Waals surface area contributed by atoms with Gasteiger partial charge in [0.1, 0.15) is 18.0 Å². The minimum absolute atomic E-state index is 0.0395. The Labute approximate surface area is 132 Å². The number of carbonyl (C=O) groups is 1. The van der Waals surface area contributed by atoms with Gasteiger partial charge in [-0.25, -0.2) is 4.79 Å². The predicted molar refractivity (Wildman–Crippen MR) is 79.7 cm³/mol. The highest BCUT2D eigenvalue weighted by Gasteiger charge is 2.69. The minimum Gasteiger partial charge on any atom is -0.383 e. The largest absolute Gasteiger partial charge is 0.383 e. The van der Waals surface area contributed by atoms with Crippen LogP contribution < -0.4 is 11.4 Å². The number of likely N-dealkylation sites (N-methyl/N-ethyl adjacent to an activating group) is 1. The number of nitrogens with zero attached hydrogens (tertiary/aromatic N) is 3. The zero-order chi connectivity index (χ0) is 16.9. The van der Waals surface area contributed by atoms with Crippen LogP contribution in [-0.2, 0) is 19.0 Å². The van der Waals surface area contributed by atoms with Crippen LogP contribution in [0.1, 0.15) is 11.8 Å². The molecular formula is C14H20N4O5. The molecular weight excluding hydrogens is 304 g/mol. The molecule has 0 radical (unpaired) electrons. The number of anilines is 1. The Morgan fingerprint density at radius 3 is 2.74 bits per heavy atom. The molecule has 1 aromatic heterocycles. The molecule has 23 heavy (non-hydrogen) atoms. The number of methoxy groups -OCH3 is 2. The number of rotatable bonds is 4. The van der Waals surface area contributed by atoms with E-state index in [0.29, 0.717) is 5.56 Å². The molecule has 3 heterocycles. The van der Waals surface area contributed by atoms with E-state index in [1.54, 1.807) is 25.1 Å². The van der Waals surface area contributed by atoms with Gasteiger partial charge in [-0.05, 0) is 6.92 Å². The van der Waals surface area contributed by atoms with Crippen molar-refractivity contribution in [1.29, 1.82) is 0 Å². The molecule has 4 atom stereocenters. The molecule has 1 amide bonds. The number of aryl methyl sites for hydroxylation is 1. The van der Waals surface area contributed by atoms with Gasteiger partial charge in [-0.3, -0.25) is 9.36 Å². The number of amides is 1. The van der Waals surface area contributed by atoms with Gasteiger partial charge in [0.2, 0.25) is 0 Å². The molecule has 1 aromatic rings. The molecule has 0 saturated carbocycles. The maximum Gasteiger partial charge on any atom is 0.351 e. The van der Waals surface area contributed by atoms with Crippen LogP contribution in [0.15, 0.2) is 11.0 Å². The maximum absolute atomic E-state index is 12.5. The van der Waals surface area contributed by atoms with Crippen molar-refractivity contribution in [3.63, 3.8) is 0 Å². The number of nitrogens with two attached hydrogens (primary N) is 1. The molecule has 0 aromatic carbocycles. The lowest BCUT2D eigenvalue weighted by molar-refractivity contribution is -0.185. The highest BCUT2D eigenvalue weighted by atomic mass is 16.6. The van der Waals surface area contributed by atoms with Crippen LogP contribution in [-0.4, -0.2) is 66.0 Å². The molecule has 3 unspecified atom stereocenters. The van der Waals surface area contributed by atoms with Crippen LogP contribution >= 0.6 is 0 Å². The first-order valence-electron chi connectivity index (χ1n) is 7.19. The fourth-order valence-corrected chi connectivity index (χ4v) is 3.48. The fraction of sp³-hybridized carbons (Fsp3) is 0.643. The molecule has 3 rings (SSSR count). The van der Waals surface area contributed by atoms with E-state index in [-0.39, 0.29) is 18.3 Å². The summed E-state index contributed by atoms with van der Waals surface area (Å²) in [6, 6.07) is -0.454. The molecule has 2 N–H and O–H groups in total. The third-order valence-electron chi connectivity index (χ3n) is 4.58. The Balaban J connectivity index is 2.09. The fourth-order valence-electron chi connectivity index (χ4n) is 3.48. The number of ether oxygens (including phenoxy) is 3. The summed E-state index contributed by atoms with van der Waals surface area (Å²) in [6.07, 6.45) is 0.327. The summed E-state index contributed by atoms with van der Waals surface area (Å²) in [5.74, 6) is -0.0469. The SMILES string of the molecule is COC[C@]12OC(n3cc(C)c(N)nc3=O)C(C1OC)N(C)C2=O. The van der Waals surface area contributed by atoms with Crippen molar-refractivity contribution in [2.75, 3.05) is 33.6 Å². The summed E-state index contributed by atoms with van der Waals surface area (Å²) in [7, 11) is 4.66. The minimum atomic E-state index is -1.26. The first kappa shape index (κ1) is 15.9. The van der Waals surface area contributed by atoms with Gasteiger partial charge in [0.15, 0.2) is 11.8 Å². The third-order valence-corrected chi connectivity index (χ3v) is 4.58. The number of hydrogen-bond acceptors (Lipinski definition) is 7. The number of hydrogen-bond donors (Lipinski definition) is 1. The molecule has 2 aliphatic heterocycles. The van der Waals surface area contributed by atoms with Gasteiger partial charge < -0.3 is 24.8 Å². The van der Waals surface area contributed by atoms with Gasteiger partial charge in [-0.1, -0.05) is 0 Å². The first-order chi connectivity index (χ1) is 10.9. The second kappa shape index (κ2) is 5.29. The summed E-state index contributed by atoms with van der Waals surface area (Å²) < 4.78 is 18.0. The summed E-state index contributed by atoms with van der Waals surface area (Å²) in [6.45, 7) is 1.79. The molecule has 0 spiro atoms. The molecule has 0 aliphatic carbocycles. The topological polar surface area (TPSA) is 109 Å². The van der Waals surface area contributed by atoms with Gasteiger partial charge in [-0.2, -0.15) is 4.98 Å². The number of aromatic nitrogens is 2. The van der Waals surface area contributed by atoms with Crippen molar-refractivity contribution in [3.05, 3.63) is 22.2 Å². The molecule has 9 heteroatoms. The van der Waals surface area contributed by atoms with E-state index in [4.69, 9.17) is 19.9 Å². The van der Waals surface area contributed by atoms with Gasteiger partial charge in [0.25, 0.3) is 5.91 Å². The first-order valence-corrected chi connectivity index (χ1v) is 7.19. The smallest absolute Gasteiger partial charge is 0.351 e. The van der Waals surface area contributed by atoms with Crippen LogP contribution in [0.4, 0.5) is 5.82 Å². The Hall–Kier alpha value is -1.97. The van der Waals surface area contributed by atoms with Crippen molar-refractivity contribution in [1.82, 2.24) is 14.5 Å². The van der Waals surface area contributed by atoms with Crippen LogP contribution in [0.5, 0.6) is 0 Å². The van der Waals surface area contributed by atoms with E-state index < -0.39 is 29.7 Å². The van der Waals surface area contributed by atoms with E-state index in [1.165, 1.54) is 18.8 Å². The Morgan fingerprint density at radius 2 is 2.13 bits per heavy atom. The summed E-state index contributed by atoms with van der Waals surface area (Å²) in [4.78, 5) is 30.1. The van der Waals surface area contributed by atoms with Crippen LogP contribution in [0.25, 0.3) is 0 Å². The number of fused-ring (bicyclic) bond motifs is 2. The van der Waals surface area contributed by atoms with E-state index >= 15 is 0 Å². The lowest BCUT2D eigenvalue weighted by Crippen LogP contribution is -2.53. The van der Waals surface area contributed by atoms with Crippen LogP contribution in [0.3, 0.4) is 0 Å². The Morgan fingerprint density at radius 1 is 1.43 bits per heavy atom. The number of morpholine rings is 1. The quantitative estimate of drug-likeness (QED) is 0.749.